The van der Waals surface area contributed by atoms with Crippen molar-refractivity contribution in [2.24, 2.45) is 0 Å². The summed E-state index contributed by atoms with van der Waals surface area (Å²) in [4.78, 5) is 35.8. The lowest BCUT2D eigenvalue weighted by atomic mass is 10.0. The van der Waals surface area contributed by atoms with Crippen LogP contribution in [0.5, 0.6) is 0 Å². The van der Waals surface area contributed by atoms with E-state index in [1.807, 2.05) is 21.1 Å². The lowest BCUT2D eigenvalue weighted by molar-refractivity contribution is -0.870. The number of phosphoric ester groups is 1. The number of likely N-dealkylation sites (N-methyl/N-ethyl adjacent to an activating group) is 1. The Kier molecular flexibility index (Phi) is 58.0. The molecule has 0 amide bonds. The molecular formula is C67H131NO8P+. The van der Waals surface area contributed by atoms with Crippen LogP contribution in [-0.2, 0) is 32.7 Å². The lowest BCUT2D eigenvalue weighted by Crippen LogP contribution is -2.37. The molecule has 0 bridgehead atoms. The van der Waals surface area contributed by atoms with Gasteiger partial charge in [0, 0.05) is 12.8 Å². The van der Waals surface area contributed by atoms with E-state index in [0.29, 0.717) is 23.9 Å². The topological polar surface area (TPSA) is 108 Å². The number of phosphoric acid groups is 1. The first-order chi connectivity index (χ1) is 37.5. The minimum Gasteiger partial charge on any atom is -0.462 e. The molecular weight excluding hydrogens is 978 g/mol. The minimum absolute atomic E-state index is 0.0341. The molecule has 0 heterocycles. The third kappa shape index (κ3) is 63.5. The standard InChI is InChI=1S/C67H130NO8P/c1-6-8-10-12-14-16-18-20-22-24-26-28-30-31-32-33-34-35-36-38-39-41-43-45-47-49-51-53-55-57-59-66(69)73-63-65(64-75-77(71,72)74-62-61-68(3,4)5)76-67(70)60-58-56-54-52-50-48-46-44-42-40-37-29-27-25-23-21-19-17-15-13-11-9-7-2/h19,21,25,27,65H,6-18,20,22-24,26,28-64H2,1-5H3/p+1/b21-19-,27-25-. The molecule has 1 N–H and O–H groups in total. The molecule has 456 valence electrons. The molecule has 0 rings (SSSR count). The van der Waals surface area contributed by atoms with E-state index in [9.17, 15) is 19.0 Å². The van der Waals surface area contributed by atoms with Gasteiger partial charge in [0.15, 0.2) is 6.10 Å². The summed E-state index contributed by atoms with van der Waals surface area (Å²) in [5, 5.41) is 0. The van der Waals surface area contributed by atoms with Crippen LogP contribution in [-0.4, -0.2) is 74.9 Å². The number of rotatable bonds is 63. The highest BCUT2D eigenvalue weighted by atomic mass is 31.2. The number of nitrogens with zero attached hydrogens (tertiary/aromatic N) is 1. The second-order valence-electron chi connectivity index (χ2n) is 24.2. The Morgan fingerprint density at radius 1 is 0.403 bits per heavy atom. The van der Waals surface area contributed by atoms with Gasteiger partial charge < -0.3 is 18.9 Å². The Morgan fingerprint density at radius 3 is 1.03 bits per heavy atom. The normalized spacial score (nSPS) is 13.3. The first-order valence-corrected chi connectivity index (χ1v) is 35.1. The highest BCUT2D eigenvalue weighted by molar-refractivity contribution is 7.47. The molecule has 77 heavy (non-hydrogen) atoms. The maximum Gasteiger partial charge on any atom is 0.472 e. The van der Waals surface area contributed by atoms with E-state index in [2.05, 4.69) is 38.2 Å². The maximum absolute atomic E-state index is 12.8. The van der Waals surface area contributed by atoms with Crippen molar-refractivity contribution in [2.75, 3.05) is 47.5 Å². The highest BCUT2D eigenvalue weighted by Gasteiger charge is 2.27. The number of allylic oxidation sites excluding steroid dienone is 4. The second kappa shape index (κ2) is 59.1. The van der Waals surface area contributed by atoms with Crippen LogP contribution in [0.25, 0.3) is 0 Å². The van der Waals surface area contributed by atoms with Gasteiger partial charge in [-0.2, -0.15) is 0 Å². The average Bonchev–Trinajstić information content (AvgIpc) is 3.39. The molecule has 0 aromatic heterocycles. The van der Waals surface area contributed by atoms with Crippen LogP contribution in [0.1, 0.15) is 341 Å². The Hall–Kier alpha value is -1.51. The van der Waals surface area contributed by atoms with Gasteiger partial charge in [-0.1, -0.05) is 308 Å². The van der Waals surface area contributed by atoms with E-state index in [1.165, 1.54) is 270 Å². The molecule has 2 atom stereocenters. The van der Waals surface area contributed by atoms with Gasteiger partial charge in [0.2, 0.25) is 0 Å². The summed E-state index contributed by atoms with van der Waals surface area (Å²) in [6.45, 7) is 4.49. The smallest absolute Gasteiger partial charge is 0.462 e. The van der Waals surface area contributed by atoms with Crippen molar-refractivity contribution >= 4 is 19.8 Å². The van der Waals surface area contributed by atoms with Crippen LogP contribution in [0.2, 0.25) is 0 Å². The molecule has 0 fully saturated rings. The summed E-state index contributed by atoms with van der Waals surface area (Å²) in [6, 6.07) is 0. The van der Waals surface area contributed by atoms with Gasteiger partial charge in [-0.3, -0.25) is 18.6 Å². The highest BCUT2D eigenvalue weighted by Crippen LogP contribution is 2.43. The molecule has 9 nitrogen and oxygen atoms in total. The number of unbranched alkanes of at least 4 members (excludes halogenated alkanes) is 45. The van der Waals surface area contributed by atoms with Crippen LogP contribution in [0.15, 0.2) is 24.3 Å². The Bertz CT molecular complexity index is 1350. The molecule has 0 radical (unpaired) electrons. The fourth-order valence-electron chi connectivity index (χ4n) is 10.1. The first kappa shape index (κ1) is 75.5. The molecule has 0 aromatic rings. The SMILES string of the molecule is CCCCCCC/C=C\C/C=C\CCCCCCCCCCCCCC(=O)OC(COC(=O)CCCCCCCCCCCCCCCCCCCCCCCCCCCCCCCC)COP(=O)(O)OCC[N+](C)(C)C. The van der Waals surface area contributed by atoms with E-state index in [4.69, 9.17) is 18.5 Å². The first-order valence-electron chi connectivity index (χ1n) is 33.6. The van der Waals surface area contributed by atoms with Crippen molar-refractivity contribution < 1.29 is 42.1 Å². The van der Waals surface area contributed by atoms with Crippen LogP contribution in [0, 0.1) is 0 Å². The molecule has 0 aliphatic heterocycles. The number of ether oxygens (including phenoxy) is 2. The van der Waals surface area contributed by atoms with Gasteiger partial charge in [-0.05, 0) is 44.9 Å². The van der Waals surface area contributed by atoms with E-state index in [-0.39, 0.29) is 25.6 Å². The van der Waals surface area contributed by atoms with Gasteiger partial charge >= 0.3 is 19.8 Å². The summed E-state index contributed by atoms with van der Waals surface area (Å²) < 4.78 is 34.7. The number of hydrogen-bond acceptors (Lipinski definition) is 7. The van der Waals surface area contributed by atoms with Crippen LogP contribution in [0.3, 0.4) is 0 Å². The molecule has 10 heteroatoms. The fourth-order valence-corrected chi connectivity index (χ4v) is 10.8. The third-order valence-electron chi connectivity index (χ3n) is 15.2. The third-order valence-corrected chi connectivity index (χ3v) is 16.2. The quantitative estimate of drug-likeness (QED) is 0.0211. The zero-order chi connectivity index (χ0) is 56.3. The Balaban J connectivity index is 4.01. The van der Waals surface area contributed by atoms with Crippen molar-refractivity contribution in [3.8, 4) is 0 Å². The van der Waals surface area contributed by atoms with Gasteiger partial charge in [0.1, 0.15) is 19.8 Å². The zero-order valence-electron chi connectivity index (χ0n) is 52.0. The van der Waals surface area contributed by atoms with Crippen molar-refractivity contribution in [1.82, 2.24) is 0 Å². The summed E-state index contributed by atoms with van der Waals surface area (Å²) >= 11 is 0. The van der Waals surface area contributed by atoms with E-state index >= 15 is 0 Å². The number of carbonyl (C=O) groups is 2. The molecule has 0 spiro atoms. The van der Waals surface area contributed by atoms with Gasteiger partial charge in [-0.15, -0.1) is 0 Å². The Labute approximate surface area is 479 Å². The van der Waals surface area contributed by atoms with Crippen molar-refractivity contribution in [1.29, 1.82) is 0 Å². The van der Waals surface area contributed by atoms with Gasteiger partial charge in [0.25, 0.3) is 0 Å². The number of hydrogen-bond donors (Lipinski definition) is 1. The summed E-state index contributed by atoms with van der Waals surface area (Å²) in [6.07, 6.45) is 72.8. The predicted molar refractivity (Wildman–Crippen MR) is 331 cm³/mol. The summed E-state index contributed by atoms with van der Waals surface area (Å²) in [7, 11) is 1.49. The van der Waals surface area contributed by atoms with Crippen molar-refractivity contribution in [3.05, 3.63) is 24.3 Å². The number of quaternary nitrogens is 1. The summed E-state index contributed by atoms with van der Waals surface area (Å²) in [5.74, 6) is -0.779. The van der Waals surface area contributed by atoms with Crippen LogP contribution < -0.4 is 0 Å². The van der Waals surface area contributed by atoms with Crippen molar-refractivity contribution in [2.45, 2.75) is 347 Å². The molecule has 0 aliphatic rings. The second-order valence-corrected chi connectivity index (χ2v) is 25.7. The largest absolute Gasteiger partial charge is 0.472 e. The van der Waals surface area contributed by atoms with Gasteiger partial charge in [-0.25, -0.2) is 4.57 Å². The van der Waals surface area contributed by atoms with Crippen molar-refractivity contribution in [3.63, 3.8) is 0 Å². The van der Waals surface area contributed by atoms with E-state index in [1.54, 1.807) is 0 Å². The van der Waals surface area contributed by atoms with Gasteiger partial charge in [0.05, 0.1) is 27.7 Å². The minimum atomic E-state index is -4.39. The molecule has 2 unspecified atom stereocenters. The van der Waals surface area contributed by atoms with E-state index < -0.39 is 26.5 Å². The zero-order valence-corrected chi connectivity index (χ0v) is 52.9. The average molecular weight is 1110 g/mol. The molecule has 0 aromatic carbocycles. The number of carbonyl (C=O) groups excluding carboxylic acids is 2. The van der Waals surface area contributed by atoms with Crippen LogP contribution >= 0.6 is 7.82 Å². The summed E-state index contributed by atoms with van der Waals surface area (Å²) in [5.41, 5.74) is 0. The van der Waals surface area contributed by atoms with Crippen LogP contribution in [0.4, 0.5) is 0 Å². The molecule has 0 aliphatic carbocycles. The molecule has 0 saturated heterocycles. The lowest BCUT2D eigenvalue weighted by Gasteiger charge is -2.24. The van der Waals surface area contributed by atoms with E-state index in [0.717, 1.165) is 38.5 Å². The maximum atomic E-state index is 12.8. The number of esters is 2. The molecule has 0 saturated carbocycles. The Morgan fingerprint density at radius 2 is 0.701 bits per heavy atom. The fraction of sp³-hybridized carbons (Fsp3) is 0.910. The monoisotopic (exact) mass is 1110 g/mol. The predicted octanol–water partition coefficient (Wildman–Crippen LogP) is 21.3.